The first kappa shape index (κ1) is 14.8. The third-order valence-corrected chi connectivity index (χ3v) is 5.11. The normalized spacial score (nSPS) is 23.9. The summed E-state index contributed by atoms with van der Waals surface area (Å²) in [5.41, 5.74) is 1.31. The van der Waals surface area contributed by atoms with Crippen LogP contribution >= 0.6 is 11.3 Å². The molecular weight excluding hydrogens is 254 g/mol. The lowest BCUT2D eigenvalue weighted by Gasteiger charge is -2.36. The molecule has 0 radical (unpaired) electrons. The first-order valence-electron chi connectivity index (χ1n) is 7.55. The molecule has 0 spiro atoms. The van der Waals surface area contributed by atoms with Crippen molar-refractivity contribution in [2.24, 2.45) is 5.92 Å². The van der Waals surface area contributed by atoms with Gasteiger partial charge in [-0.15, -0.1) is 11.3 Å². The standard InChI is InChI=1S/C15H27N3S/c1-5-6-13-14(10-16-4)19-15(17-13)18-8-7-11(2)9-12(18)3/h11-12,16H,5-10H2,1-4H3. The van der Waals surface area contributed by atoms with Gasteiger partial charge in [0, 0.05) is 24.0 Å². The van der Waals surface area contributed by atoms with Crippen LogP contribution in [-0.2, 0) is 13.0 Å². The highest BCUT2D eigenvalue weighted by Gasteiger charge is 2.26. The topological polar surface area (TPSA) is 28.2 Å². The first-order chi connectivity index (χ1) is 9.15. The molecule has 1 fully saturated rings. The van der Waals surface area contributed by atoms with Gasteiger partial charge in [0.15, 0.2) is 5.13 Å². The second-order valence-corrected chi connectivity index (χ2v) is 6.88. The Labute approximate surface area is 121 Å². The molecule has 1 aliphatic rings. The monoisotopic (exact) mass is 281 g/mol. The molecule has 0 aromatic carbocycles. The lowest BCUT2D eigenvalue weighted by molar-refractivity contribution is 0.377. The average molecular weight is 281 g/mol. The molecule has 4 heteroatoms. The number of nitrogens with zero attached hydrogens (tertiary/aromatic N) is 2. The number of aryl methyl sites for hydroxylation is 1. The summed E-state index contributed by atoms with van der Waals surface area (Å²) in [5, 5.41) is 4.51. The molecule has 0 saturated carbocycles. The van der Waals surface area contributed by atoms with Crippen LogP contribution in [0.25, 0.3) is 0 Å². The summed E-state index contributed by atoms with van der Waals surface area (Å²) in [6.45, 7) is 9.05. The molecule has 19 heavy (non-hydrogen) atoms. The van der Waals surface area contributed by atoms with Gasteiger partial charge in [-0.05, 0) is 39.2 Å². The van der Waals surface area contributed by atoms with Gasteiger partial charge in [0.2, 0.25) is 0 Å². The van der Waals surface area contributed by atoms with Gasteiger partial charge < -0.3 is 10.2 Å². The quantitative estimate of drug-likeness (QED) is 0.896. The summed E-state index contributed by atoms with van der Waals surface area (Å²) in [4.78, 5) is 8.86. The highest BCUT2D eigenvalue weighted by atomic mass is 32.1. The van der Waals surface area contributed by atoms with Crippen molar-refractivity contribution in [3.05, 3.63) is 10.6 Å². The van der Waals surface area contributed by atoms with Crippen LogP contribution in [0.4, 0.5) is 5.13 Å². The number of aromatic nitrogens is 1. The Hall–Kier alpha value is -0.610. The highest BCUT2D eigenvalue weighted by Crippen LogP contribution is 2.33. The largest absolute Gasteiger partial charge is 0.345 e. The lowest BCUT2D eigenvalue weighted by Crippen LogP contribution is -2.40. The summed E-state index contributed by atoms with van der Waals surface area (Å²) >= 11 is 1.89. The van der Waals surface area contributed by atoms with Crippen molar-refractivity contribution in [2.75, 3.05) is 18.5 Å². The van der Waals surface area contributed by atoms with Crippen molar-refractivity contribution < 1.29 is 0 Å². The van der Waals surface area contributed by atoms with Crippen LogP contribution in [0.2, 0.25) is 0 Å². The van der Waals surface area contributed by atoms with Crippen LogP contribution in [0, 0.1) is 5.92 Å². The second kappa shape index (κ2) is 6.71. The SMILES string of the molecule is CCCc1nc(N2CCC(C)CC2C)sc1CNC. The fraction of sp³-hybridized carbons (Fsp3) is 0.800. The van der Waals surface area contributed by atoms with Gasteiger partial charge in [0.05, 0.1) is 5.69 Å². The van der Waals surface area contributed by atoms with Crippen LogP contribution < -0.4 is 10.2 Å². The van der Waals surface area contributed by atoms with E-state index >= 15 is 0 Å². The smallest absolute Gasteiger partial charge is 0.186 e. The molecule has 2 atom stereocenters. The molecule has 1 saturated heterocycles. The van der Waals surface area contributed by atoms with Crippen molar-refractivity contribution >= 4 is 16.5 Å². The summed E-state index contributed by atoms with van der Waals surface area (Å²) in [7, 11) is 2.01. The zero-order valence-corrected chi connectivity index (χ0v) is 13.5. The number of hydrogen-bond donors (Lipinski definition) is 1. The van der Waals surface area contributed by atoms with E-state index in [1.54, 1.807) is 0 Å². The Morgan fingerprint density at radius 3 is 2.84 bits per heavy atom. The Balaban J connectivity index is 2.17. The third-order valence-electron chi connectivity index (χ3n) is 3.98. The molecular formula is C15H27N3S. The summed E-state index contributed by atoms with van der Waals surface area (Å²) in [6.07, 6.45) is 4.87. The van der Waals surface area contributed by atoms with E-state index in [9.17, 15) is 0 Å². The minimum atomic E-state index is 0.631. The molecule has 1 aliphatic heterocycles. The third kappa shape index (κ3) is 3.48. The van der Waals surface area contributed by atoms with Crippen molar-refractivity contribution in [2.45, 2.75) is 59.0 Å². The van der Waals surface area contributed by atoms with Crippen LogP contribution in [0.5, 0.6) is 0 Å². The van der Waals surface area contributed by atoms with Crippen LogP contribution in [-0.4, -0.2) is 24.6 Å². The zero-order chi connectivity index (χ0) is 13.8. The van der Waals surface area contributed by atoms with Crippen molar-refractivity contribution in [3.63, 3.8) is 0 Å². The van der Waals surface area contributed by atoms with Crippen LogP contribution in [0.15, 0.2) is 0 Å². The maximum absolute atomic E-state index is 4.92. The molecule has 0 amide bonds. The highest BCUT2D eigenvalue weighted by molar-refractivity contribution is 7.15. The number of piperidine rings is 1. The number of nitrogens with one attached hydrogen (secondary N) is 1. The van der Waals surface area contributed by atoms with E-state index in [4.69, 9.17) is 4.98 Å². The Morgan fingerprint density at radius 1 is 1.42 bits per heavy atom. The van der Waals surface area contributed by atoms with Gasteiger partial charge in [-0.2, -0.15) is 0 Å². The van der Waals surface area contributed by atoms with Crippen molar-refractivity contribution in [1.29, 1.82) is 0 Å². The fourth-order valence-corrected chi connectivity index (χ4v) is 4.16. The van der Waals surface area contributed by atoms with Crippen LogP contribution in [0.3, 0.4) is 0 Å². The van der Waals surface area contributed by atoms with Crippen molar-refractivity contribution in [1.82, 2.24) is 10.3 Å². The van der Waals surface area contributed by atoms with E-state index in [0.29, 0.717) is 6.04 Å². The molecule has 1 aromatic heterocycles. The van der Waals surface area contributed by atoms with Gasteiger partial charge in [-0.1, -0.05) is 20.3 Å². The van der Waals surface area contributed by atoms with Gasteiger partial charge in [0.25, 0.3) is 0 Å². The van der Waals surface area contributed by atoms with Gasteiger partial charge >= 0.3 is 0 Å². The number of hydrogen-bond acceptors (Lipinski definition) is 4. The number of rotatable bonds is 5. The minimum absolute atomic E-state index is 0.631. The Bertz CT molecular complexity index is 379. The predicted molar refractivity (Wildman–Crippen MR) is 84.1 cm³/mol. The number of thiazole rings is 1. The van der Waals surface area contributed by atoms with E-state index < -0.39 is 0 Å². The Kier molecular flexibility index (Phi) is 5.22. The molecule has 2 heterocycles. The summed E-state index contributed by atoms with van der Waals surface area (Å²) < 4.78 is 0. The summed E-state index contributed by atoms with van der Waals surface area (Å²) in [6, 6.07) is 0.631. The molecule has 2 rings (SSSR count). The molecule has 108 valence electrons. The van der Waals surface area contributed by atoms with E-state index in [0.717, 1.165) is 18.9 Å². The molecule has 0 aliphatic carbocycles. The van der Waals surface area contributed by atoms with E-state index in [1.807, 2.05) is 18.4 Å². The molecule has 2 unspecified atom stereocenters. The number of anilines is 1. The fourth-order valence-electron chi connectivity index (χ4n) is 2.91. The molecule has 1 N–H and O–H groups in total. The predicted octanol–water partition coefficient (Wildman–Crippen LogP) is 3.44. The van der Waals surface area contributed by atoms with Crippen molar-refractivity contribution in [3.8, 4) is 0 Å². The van der Waals surface area contributed by atoms with Gasteiger partial charge in [-0.3, -0.25) is 0 Å². The minimum Gasteiger partial charge on any atom is -0.345 e. The second-order valence-electron chi connectivity index (χ2n) is 5.82. The Morgan fingerprint density at radius 2 is 2.21 bits per heavy atom. The van der Waals surface area contributed by atoms with E-state index in [1.165, 1.54) is 41.5 Å². The molecule has 3 nitrogen and oxygen atoms in total. The zero-order valence-electron chi connectivity index (χ0n) is 12.7. The van der Waals surface area contributed by atoms with Gasteiger partial charge in [-0.25, -0.2) is 4.98 Å². The van der Waals surface area contributed by atoms with Gasteiger partial charge in [0.1, 0.15) is 0 Å². The maximum Gasteiger partial charge on any atom is 0.186 e. The summed E-state index contributed by atoms with van der Waals surface area (Å²) in [5.74, 6) is 0.859. The molecule has 0 bridgehead atoms. The van der Waals surface area contributed by atoms with E-state index in [2.05, 4.69) is 31.0 Å². The maximum atomic E-state index is 4.92. The molecule has 1 aromatic rings. The lowest BCUT2D eigenvalue weighted by atomic mass is 9.94. The van der Waals surface area contributed by atoms with E-state index in [-0.39, 0.29) is 0 Å². The van der Waals surface area contributed by atoms with Crippen LogP contribution in [0.1, 0.15) is 50.6 Å². The first-order valence-corrected chi connectivity index (χ1v) is 8.37. The average Bonchev–Trinajstić information content (AvgIpc) is 2.73.